The lowest BCUT2D eigenvalue weighted by atomic mass is 10.1. The summed E-state index contributed by atoms with van der Waals surface area (Å²) in [6, 6.07) is 2.31. The SMILES string of the molecule is Cc1c(-c2nc3c(Br)ccnc3[nH]2)cnn1C1CCOCC1. The number of H-pyrrole nitrogens is 1. The minimum Gasteiger partial charge on any atom is -0.381 e. The Hall–Kier alpha value is -1.73. The highest BCUT2D eigenvalue weighted by molar-refractivity contribution is 9.10. The highest BCUT2D eigenvalue weighted by atomic mass is 79.9. The van der Waals surface area contributed by atoms with E-state index in [-0.39, 0.29) is 0 Å². The molecular formula is C15H16BrN5O. The number of aromatic nitrogens is 5. The first-order valence-electron chi connectivity index (χ1n) is 7.36. The Morgan fingerprint density at radius 2 is 2.18 bits per heavy atom. The van der Waals surface area contributed by atoms with Crippen molar-refractivity contribution in [2.75, 3.05) is 13.2 Å². The molecule has 1 fully saturated rings. The lowest BCUT2D eigenvalue weighted by Gasteiger charge is -2.23. The van der Waals surface area contributed by atoms with Gasteiger partial charge in [0, 0.05) is 29.6 Å². The number of hydrogen-bond donors (Lipinski definition) is 1. The van der Waals surface area contributed by atoms with Gasteiger partial charge in [-0.05, 0) is 41.8 Å². The molecule has 3 aromatic heterocycles. The Bertz CT molecular complexity index is 819. The van der Waals surface area contributed by atoms with E-state index in [0.29, 0.717) is 6.04 Å². The second kappa shape index (κ2) is 5.48. The van der Waals surface area contributed by atoms with Crippen LogP contribution in [0.5, 0.6) is 0 Å². The number of halogens is 1. The maximum absolute atomic E-state index is 5.43. The summed E-state index contributed by atoms with van der Waals surface area (Å²) in [6.45, 7) is 3.70. The molecule has 0 aliphatic carbocycles. The molecule has 1 aliphatic heterocycles. The zero-order valence-electron chi connectivity index (χ0n) is 12.2. The molecule has 0 unspecified atom stereocenters. The molecule has 0 amide bonds. The summed E-state index contributed by atoms with van der Waals surface area (Å²) in [5, 5.41) is 4.58. The van der Waals surface area contributed by atoms with Gasteiger partial charge in [0.25, 0.3) is 0 Å². The van der Waals surface area contributed by atoms with Gasteiger partial charge in [-0.15, -0.1) is 0 Å². The second-order valence-corrected chi connectivity index (χ2v) is 6.36. The van der Waals surface area contributed by atoms with Crippen molar-refractivity contribution >= 4 is 27.1 Å². The molecule has 0 bridgehead atoms. The Morgan fingerprint density at radius 1 is 1.36 bits per heavy atom. The van der Waals surface area contributed by atoms with Crippen molar-refractivity contribution in [3.63, 3.8) is 0 Å². The van der Waals surface area contributed by atoms with Crippen LogP contribution in [0.2, 0.25) is 0 Å². The van der Waals surface area contributed by atoms with E-state index >= 15 is 0 Å². The Morgan fingerprint density at radius 3 is 2.95 bits per heavy atom. The normalized spacial score (nSPS) is 16.5. The molecule has 0 atom stereocenters. The van der Waals surface area contributed by atoms with Gasteiger partial charge < -0.3 is 9.72 Å². The van der Waals surface area contributed by atoms with Crippen LogP contribution in [-0.2, 0) is 4.74 Å². The van der Waals surface area contributed by atoms with Gasteiger partial charge in [-0.25, -0.2) is 9.97 Å². The molecule has 3 aromatic rings. The molecule has 0 aromatic carbocycles. The van der Waals surface area contributed by atoms with Crippen LogP contribution in [-0.4, -0.2) is 37.9 Å². The topological polar surface area (TPSA) is 68.6 Å². The highest BCUT2D eigenvalue weighted by Gasteiger charge is 2.21. The van der Waals surface area contributed by atoms with E-state index < -0.39 is 0 Å². The molecule has 4 heterocycles. The minimum absolute atomic E-state index is 0.414. The van der Waals surface area contributed by atoms with Gasteiger partial charge in [-0.3, -0.25) is 4.68 Å². The second-order valence-electron chi connectivity index (χ2n) is 5.51. The molecule has 7 heteroatoms. The van der Waals surface area contributed by atoms with Gasteiger partial charge in [0.1, 0.15) is 11.3 Å². The first-order chi connectivity index (χ1) is 10.7. The Labute approximate surface area is 136 Å². The van der Waals surface area contributed by atoms with Gasteiger partial charge in [-0.2, -0.15) is 5.10 Å². The molecule has 1 N–H and O–H groups in total. The summed E-state index contributed by atoms with van der Waals surface area (Å²) in [4.78, 5) is 12.3. The number of aromatic amines is 1. The summed E-state index contributed by atoms with van der Waals surface area (Å²) in [6.07, 6.45) is 5.66. The number of nitrogens with one attached hydrogen (secondary N) is 1. The number of rotatable bonds is 2. The van der Waals surface area contributed by atoms with Crippen LogP contribution < -0.4 is 0 Å². The van der Waals surface area contributed by atoms with E-state index in [0.717, 1.165) is 58.8 Å². The number of hydrogen-bond acceptors (Lipinski definition) is 4. The van der Waals surface area contributed by atoms with Crippen LogP contribution in [0.25, 0.3) is 22.6 Å². The largest absolute Gasteiger partial charge is 0.381 e. The van der Waals surface area contributed by atoms with E-state index in [1.165, 1.54) is 0 Å². The average molecular weight is 362 g/mol. The predicted molar refractivity (Wildman–Crippen MR) is 86.6 cm³/mol. The fourth-order valence-electron chi connectivity index (χ4n) is 2.96. The van der Waals surface area contributed by atoms with E-state index in [9.17, 15) is 0 Å². The van der Waals surface area contributed by atoms with E-state index in [2.05, 4.69) is 47.6 Å². The fraction of sp³-hybridized carbons (Fsp3) is 0.400. The molecule has 22 heavy (non-hydrogen) atoms. The van der Waals surface area contributed by atoms with Crippen molar-refractivity contribution in [3.8, 4) is 11.4 Å². The quantitative estimate of drug-likeness (QED) is 0.760. The first kappa shape index (κ1) is 13.9. The fourth-order valence-corrected chi connectivity index (χ4v) is 3.36. The van der Waals surface area contributed by atoms with Gasteiger partial charge in [0.05, 0.1) is 17.8 Å². The van der Waals surface area contributed by atoms with Gasteiger partial charge in [-0.1, -0.05) is 0 Å². The summed E-state index contributed by atoms with van der Waals surface area (Å²) < 4.78 is 8.48. The standard InChI is InChI=1S/C15H16BrN5O/c1-9-11(8-18-21(9)10-3-6-22-7-4-10)14-19-13-12(16)2-5-17-15(13)20-14/h2,5,8,10H,3-4,6-7H2,1H3,(H,17,19,20). The van der Waals surface area contributed by atoms with E-state index in [4.69, 9.17) is 4.74 Å². The number of nitrogens with zero attached hydrogens (tertiary/aromatic N) is 4. The number of fused-ring (bicyclic) bond motifs is 1. The smallest absolute Gasteiger partial charge is 0.158 e. The minimum atomic E-state index is 0.414. The summed E-state index contributed by atoms with van der Waals surface area (Å²) >= 11 is 3.51. The van der Waals surface area contributed by atoms with Crippen molar-refractivity contribution in [2.24, 2.45) is 0 Å². The van der Waals surface area contributed by atoms with Crippen LogP contribution in [0.1, 0.15) is 24.6 Å². The van der Waals surface area contributed by atoms with E-state index in [1.807, 2.05) is 12.3 Å². The zero-order valence-corrected chi connectivity index (χ0v) is 13.8. The molecule has 114 valence electrons. The Balaban J connectivity index is 1.75. The third kappa shape index (κ3) is 2.24. The molecule has 6 nitrogen and oxygen atoms in total. The van der Waals surface area contributed by atoms with Crippen molar-refractivity contribution in [3.05, 3.63) is 28.6 Å². The average Bonchev–Trinajstić information content (AvgIpc) is 3.12. The summed E-state index contributed by atoms with van der Waals surface area (Å²) in [5.74, 6) is 0.810. The van der Waals surface area contributed by atoms with Gasteiger partial charge in [0.15, 0.2) is 5.65 Å². The van der Waals surface area contributed by atoms with Crippen molar-refractivity contribution in [1.82, 2.24) is 24.7 Å². The van der Waals surface area contributed by atoms with Crippen LogP contribution in [0, 0.1) is 6.92 Å². The van der Waals surface area contributed by atoms with Crippen LogP contribution in [0.15, 0.2) is 22.9 Å². The molecule has 1 aliphatic rings. The molecule has 0 radical (unpaired) electrons. The monoisotopic (exact) mass is 361 g/mol. The van der Waals surface area contributed by atoms with Crippen LogP contribution in [0.4, 0.5) is 0 Å². The molecule has 4 rings (SSSR count). The summed E-state index contributed by atoms with van der Waals surface area (Å²) in [7, 11) is 0. The van der Waals surface area contributed by atoms with Gasteiger partial charge in [0.2, 0.25) is 0 Å². The molecule has 0 spiro atoms. The number of ether oxygens (including phenoxy) is 1. The maximum Gasteiger partial charge on any atom is 0.158 e. The third-order valence-electron chi connectivity index (χ3n) is 4.17. The Kier molecular flexibility index (Phi) is 3.46. The zero-order chi connectivity index (χ0) is 15.1. The third-order valence-corrected chi connectivity index (χ3v) is 4.81. The number of pyridine rings is 1. The lowest BCUT2D eigenvalue weighted by Crippen LogP contribution is -2.21. The maximum atomic E-state index is 5.43. The first-order valence-corrected chi connectivity index (χ1v) is 8.16. The molecule has 0 saturated carbocycles. The van der Waals surface area contributed by atoms with Crippen molar-refractivity contribution in [2.45, 2.75) is 25.8 Å². The van der Waals surface area contributed by atoms with Crippen molar-refractivity contribution < 1.29 is 4.74 Å². The van der Waals surface area contributed by atoms with Crippen LogP contribution >= 0.6 is 15.9 Å². The highest BCUT2D eigenvalue weighted by Crippen LogP contribution is 2.29. The van der Waals surface area contributed by atoms with Crippen LogP contribution in [0.3, 0.4) is 0 Å². The number of imidazole rings is 1. The lowest BCUT2D eigenvalue weighted by molar-refractivity contribution is 0.0657. The predicted octanol–water partition coefficient (Wildman–Crippen LogP) is 3.24. The van der Waals surface area contributed by atoms with E-state index in [1.54, 1.807) is 6.20 Å². The molecular weight excluding hydrogens is 346 g/mol. The van der Waals surface area contributed by atoms with Crippen molar-refractivity contribution in [1.29, 1.82) is 0 Å². The summed E-state index contributed by atoms with van der Waals surface area (Å²) in [5.41, 5.74) is 3.77. The van der Waals surface area contributed by atoms with Gasteiger partial charge >= 0.3 is 0 Å². The molecule has 1 saturated heterocycles.